The SMILES string of the molecule is Cc1nc2ncncc2c(I)c1I. The first-order chi connectivity index (χ1) is 6.20. The van der Waals surface area contributed by atoms with E-state index < -0.39 is 0 Å². The second-order valence-electron chi connectivity index (χ2n) is 2.59. The summed E-state index contributed by atoms with van der Waals surface area (Å²) in [7, 11) is 0. The van der Waals surface area contributed by atoms with E-state index in [1.165, 1.54) is 13.5 Å². The van der Waals surface area contributed by atoms with Crippen molar-refractivity contribution in [2.24, 2.45) is 0 Å². The molecule has 0 saturated heterocycles. The highest BCUT2D eigenvalue weighted by atomic mass is 127. The molecular formula is C8H5I2N3. The molecule has 13 heavy (non-hydrogen) atoms. The first-order valence-electron chi connectivity index (χ1n) is 3.61. The van der Waals surface area contributed by atoms with E-state index in [-0.39, 0.29) is 0 Å². The van der Waals surface area contributed by atoms with E-state index in [2.05, 4.69) is 60.1 Å². The summed E-state index contributed by atoms with van der Waals surface area (Å²) in [6, 6.07) is 0. The van der Waals surface area contributed by atoms with Crippen molar-refractivity contribution < 1.29 is 0 Å². The summed E-state index contributed by atoms with van der Waals surface area (Å²) in [6.45, 7) is 1.99. The van der Waals surface area contributed by atoms with Crippen molar-refractivity contribution in [1.29, 1.82) is 0 Å². The second kappa shape index (κ2) is 3.60. The molecule has 5 heteroatoms. The average Bonchev–Trinajstić information content (AvgIpc) is 2.15. The van der Waals surface area contributed by atoms with Crippen molar-refractivity contribution in [3.8, 4) is 0 Å². The summed E-state index contributed by atoms with van der Waals surface area (Å²) < 4.78 is 2.36. The molecule has 2 heterocycles. The zero-order chi connectivity index (χ0) is 9.42. The maximum atomic E-state index is 4.37. The van der Waals surface area contributed by atoms with Gasteiger partial charge in [-0.15, -0.1) is 0 Å². The Bertz CT molecular complexity index is 470. The second-order valence-corrected chi connectivity index (χ2v) is 4.74. The molecular weight excluding hydrogens is 392 g/mol. The van der Waals surface area contributed by atoms with E-state index in [0.29, 0.717) is 0 Å². The summed E-state index contributed by atoms with van der Waals surface area (Å²) in [5.74, 6) is 0. The van der Waals surface area contributed by atoms with Crippen LogP contribution in [0.15, 0.2) is 12.5 Å². The lowest BCUT2D eigenvalue weighted by molar-refractivity contribution is 1.13. The average molecular weight is 397 g/mol. The smallest absolute Gasteiger partial charge is 0.163 e. The lowest BCUT2D eigenvalue weighted by atomic mass is 10.3. The van der Waals surface area contributed by atoms with Gasteiger partial charge in [0.05, 0.1) is 11.1 Å². The van der Waals surface area contributed by atoms with Gasteiger partial charge in [-0.2, -0.15) is 0 Å². The number of nitrogens with zero attached hydrogens (tertiary/aromatic N) is 3. The molecule has 66 valence electrons. The molecule has 0 aliphatic carbocycles. The van der Waals surface area contributed by atoms with E-state index in [1.54, 1.807) is 6.20 Å². The van der Waals surface area contributed by atoms with Crippen LogP contribution in [0.25, 0.3) is 11.0 Å². The summed E-state index contributed by atoms with van der Waals surface area (Å²) in [5, 5.41) is 1.03. The lowest BCUT2D eigenvalue weighted by Gasteiger charge is -2.03. The first kappa shape index (κ1) is 9.50. The fraction of sp³-hybridized carbons (Fsp3) is 0.125. The zero-order valence-corrected chi connectivity index (χ0v) is 11.1. The molecule has 0 fully saturated rings. The van der Waals surface area contributed by atoms with Gasteiger partial charge in [-0.05, 0) is 52.1 Å². The van der Waals surface area contributed by atoms with Gasteiger partial charge in [-0.25, -0.2) is 15.0 Å². The van der Waals surface area contributed by atoms with Crippen LogP contribution in [-0.4, -0.2) is 15.0 Å². The van der Waals surface area contributed by atoms with E-state index >= 15 is 0 Å². The van der Waals surface area contributed by atoms with Crippen LogP contribution in [0.5, 0.6) is 0 Å². The van der Waals surface area contributed by atoms with Crippen LogP contribution in [-0.2, 0) is 0 Å². The maximum absolute atomic E-state index is 4.37. The molecule has 2 aromatic rings. The Kier molecular flexibility index (Phi) is 2.63. The minimum absolute atomic E-state index is 0.775. The molecule has 0 unspecified atom stereocenters. The van der Waals surface area contributed by atoms with Crippen molar-refractivity contribution >= 4 is 56.2 Å². The lowest BCUT2D eigenvalue weighted by Crippen LogP contribution is -1.95. The number of aryl methyl sites for hydroxylation is 1. The monoisotopic (exact) mass is 397 g/mol. The molecule has 0 saturated carbocycles. The molecule has 0 N–H and O–H groups in total. The highest BCUT2D eigenvalue weighted by molar-refractivity contribution is 14.1. The molecule has 0 spiro atoms. The van der Waals surface area contributed by atoms with Gasteiger partial charge in [-0.3, -0.25) is 0 Å². The summed E-state index contributed by atoms with van der Waals surface area (Å²) >= 11 is 4.59. The maximum Gasteiger partial charge on any atom is 0.163 e. The summed E-state index contributed by atoms with van der Waals surface area (Å²) in [4.78, 5) is 12.5. The Morgan fingerprint density at radius 1 is 1.23 bits per heavy atom. The van der Waals surface area contributed by atoms with Crippen LogP contribution in [0.2, 0.25) is 0 Å². The zero-order valence-electron chi connectivity index (χ0n) is 6.75. The van der Waals surface area contributed by atoms with Gasteiger partial charge in [-0.1, -0.05) is 0 Å². The van der Waals surface area contributed by atoms with Crippen molar-refractivity contribution in [1.82, 2.24) is 15.0 Å². The third-order valence-corrected chi connectivity index (χ3v) is 5.18. The third-order valence-electron chi connectivity index (χ3n) is 1.71. The standard InChI is InChI=1S/C8H5I2N3/c1-4-6(9)7(10)5-2-11-3-12-8(5)13-4/h2-3H,1H3. The van der Waals surface area contributed by atoms with Crippen LogP contribution in [0, 0.1) is 14.1 Å². The largest absolute Gasteiger partial charge is 0.244 e. The highest BCUT2D eigenvalue weighted by Crippen LogP contribution is 2.24. The molecule has 2 aromatic heterocycles. The van der Waals surface area contributed by atoms with Crippen LogP contribution >= 0.6 is 45.2 Å². The Labute approximate surface area is 103 Å². The normalized spacial score (nSPS) is 10.7. The van der Waals surface area contributed by atoms with Crippen LogP contribution in [0.1, 0.15) is 5.69 Å². The van der Waals surface area contributed by atoms with E-state index in [0.717, 1.165) is 16.7 Å². The Morgan fingerprint density at radius 3 is 2.77 bits per heavy atom. The number of fused-ring (bicyclic) bond motifs is 1. The molecule has 0 radical (unpaired) electrons. The van der Waals surface area contributed by atoms with Gasteiger partial charge >= 0.3 is 0 Å². The number of rotatable bonds is 0. The van der Waals surface area contributed by atoms with Gasteiger partial charge in [0.2, 0.25) is 0 Å². The van der Waals surface area contributed by atoms with Crippen LogP contribution in [0.3, 0.4) is 0 Å². The molecule has 0 aromatic carbocycles. The molecule has 0 aliphatic rings. The van der Waals surface area contributed by atoms with E-state index in [1.807, 2.05) is 6.92 Å². The van der Waals surface area contributed by atoms with Gasteiger partial charge in [0, 0.05) is 13.3 Å². The van der Waals surface area contributed by atoms with E-state index in [9.17, 15) is 0 Å². The Balaban J connectivity index is 2.94. The topological polar surface area (TPSA) is 38.7 Å². The fourth-order valence-corrected chi connectivity index (χ4v) is 2.23. The number of halogens is 2. The van der Waals surface area contributed by atoms with E-state index in [4.69, 9.17) is 0 Å². The minimum Gasteiger partial charge on any atom is -0.244 e. The molecule has 0 aliphatic heterocycles. The van der Waals surface area contributed by atoms with Crippen molar-refractivity contribution in [3.63, 3.8) is 0 Å². The predicted molar refractivity (Wildman–Crippen MR) is 67.5 cm³/mol. The van der Waals surface area contributed by atoms with Gasteiger partial charge < -0.3 is 0 Å². The molecule has 2 rings (SSSR count). The van der Waals surface area contributed by atoms with Crippen molar-refractivity contribution in [2.75, 3.05) is 0 Å². The summed E-state index contributed by atoms with van der Waals surface area (Å²) in [5.41, 5.74) is 1.80. The van der Waals surface area contributed by atoms with Crippen molar-refractivity contribution in [2.45, 2.75) is 6.92 Å². The molecule has 0 atom stereocenters. The van der Waals surface area contributed by atoms with Crippen LogP contribution in [0.4, 0.5) is 0 Å². The third kappa shape index (κ3) is 1.63. The number of hydrogen-bond acceptors (Lipinski definition) is 3. The van der Waals surface area contributed by atoms with Gasteiger partial charge in [0.15, 0.2) is 5.65 Å². The summed E-state index contributed by atoms with van der Waals surface area (Å²) in [6.07, 6.45) is 3.33. The number of aromatic nitrogens is 3. The first-order valence-corrected chi connectivity index (χ1v) is 5.77. The van der Waals surface area contributed by atoms with Gasteiger partial charge in [0.25, 0.3) is 0 Å². The Hall–Kier alpha value is -0.0500. The van der Waals surface area contributed by atoms with Gasteiger partial charge in [0.1, 0.15) is 6.33 Å². The molecule has 3 nitrogen and oxygen atoms in total. The fourth-order valence-electron chi connectivity index (χ4n) is 1.05. The highest BCUT2D eigenvalue weighted by Gasteiger charge is 2.07. The number of hydrogen-bond donors (Lipinski definition) is 0. The Morgan fingerprint density at radius 2 is 2.00 bits per heavy atom. The number of pyridine rings is 1. The molecule has 0 amide bonds. The molecule has 0 bridgehead atoms. The predicted octanol–water partition coefficient (Wildman–Crippen LogP) is 2.54. The van der Waals surface area contributed by atoms with Crippen LogP contribution < -0.4 is 0 Å². The minimum atomic E-state index is 0.775. The quantitative estimate of drug-likeness (QED) is 0.642. The van der Waals surface area contributed by atoms with Crippen molar-refractivity contribution in [3.05, 3.63) is 25.4 Å².